The maximum absolute atomic E-state index is 12.0. The van der Waals surface area contributed by atoms with Crippen LogP contribution in [0.5, 0.6) is 0 Å². The first-order chi connectivity index (χ1) is 8.74. The van der Waals surface area contributed by atoms with Crippen LogP contribution in [-0.2, 0) is 0 Å². The largest absolute Gasteiger partial charge is 0.440 e. The SMILES string of the molecule is O=C(c1ccc(Cl)o1)N1CC(N2CCNCC2)C1. The molecule has 0 bridgehead atoms. The number of nitrogens with one attached hydrogen (secondary N) is 1. The van der Waals surface area contributed by atoms with Gasteiger partial charge < -0.3 is 14.6 Å². The highest BCUT2D eigenvalue weighted by Gasteiger charge is 2.36. The zero-order valence-electron chi connectivity index (χ0n) is 10.1. The van der Waals surface area contributed by atoms with Gasteiger partial charge in [0.15, 0.2) is 11.0 Å². The Kier molecular flexibility index (Phi) is 3.28. The molecular formula is C12H16ClN3O2. The quantitative estimate of drug-likeness (QED) is 0.857. The van der Waals surface area contributed by atoms with Crippen molar-refractivity contribution in [3.05, 3.63) is 23.1 Å². The van der Waals surface area contributed by atoms with E-state index >= 15 is 0 Å². The van der Waals surface area contributed by atoms with Crippen LogP contribution in [0.1, 0.15) is 10.6 Å². The number of carbonyl (C=O) groups is 1. The highest BCUT2D eigenvalue weighted by atomic mass is 35.5. The number of furan rings is 1. The van der Waals surface area contributed by atoms with E-state index < -0.39 is 0 Å². The van der Waals surface area contributed by atoms with Crippen molar-refractivity contribution in [3.8, 4) is 0 Å². The van der Waals surface area contributed by atoms with Crippen molar-refractivity contribution >= 4 is 17.5 Å². The van der Waals surface area contributed by atoms with Gasteiger partial charge in [0.1, 0.15) is 0 Å². The van der Waals surface area contributed by atoms with Crippen LogP contribution in [0.3, 0.4) is 0 Å². The second-order valence-electron chi connectivity index (χ2n) is 4.75. The van der Waals surface area contributed by atoms with Gasteiger partial charge in [-0.3, -0.25) is 9.69 Å². The Morgan fingerprint density at radius 3 is 2.67 bits per heavy atom. The topological polar surface area (TPSA) is 48.7 Å². The molecule has 2 fully saturated rings. The van der Waals surface area contributed by atoms with E-state index in [1.165, 1.54) is 0 Å². The summed E-state index contributed by atoms with van der Waals surface area (Å²) in [6, 6.07) is 3.73. The van der Waals surface area contributed by atoms with Gasteiger partial charge in [-0.15, -0.1) is 0 Å². The second-order valence-corrected chi connectivity index (χ2v) is 5.13. The first-order valence-corrected chi connectivity index (χ1v) is 6.61. The molecule has 0 spiro atoms. The van der Waals surface area contributed by atoms with Gasteiger partial charge in [-0.25, -0.2) is 0 Å². The van der Waals surface area contributed by atoms with E-state index in [9.17, 15) is 4.79 Å². The van der Waals surface area contributed by atoms with E-state index in [-0.39, 0.29) is 11.1 Å². The lowest BCUT2D eigenvalue weighted by Gasteiger charge is -2.46. The summed E-state index contributed by atoms with van der Waals surface area (Å²) in [5.41, 5.74) is 0. The van der Waals surface area contributed by atoms with Crippen molar-refractivity contribution in [1.82, 2.24) is 15.1 Å². The molecule has 1 aromatic heterocycles. The van der Waals surface area contributed by atoms with Crippen LogP contribution < -0.4 is 5.32 Å². The lowest BCUT2D eigenvalue weighted by atomic mass is 10.1. The number of piperazine rings is 1. The lowest BCUT2D eigenvalue weighted by Crippen LogP contribution is -2.63. The number of amides is 1. The Morgan fingerprint density at radius 1 is 1.33 bits per heavy atom. The van der Waals surface area contributed by atoms with Crippen LogP contribution in [-0.4, -0.2) is 61.0 Å². The molecule has 6 heteroatoms. The van der Waals surface area contributed by atoms with E-state index in [1.54, 1.807) is 12.1 Å². The molecule has 2 saturated heterocycles. The highest BCUT2D eigenvalue weighted by Crippen LogP contribution is 2.21. The van der Waals surface area contributed by atoms with Gasteiger partial charge in [0.05, 0.1) is 0 Å². The Morgan fingerprint density at radius 2 is 2.06 bits per heavy atom. The molecule has 2 aliphatic heterocycles. The average Bonchev–Trinajstić information content (AvgIpc) is 2.75. The molecule has 0 aliphatic carbocycles. The molecule has 5 nitrogen and oxygen atoms in total. The number of nitrogens with zero attached hydrogens (tertiary/aromatic N) is 2. The zero-order chi connectivity index (χ0) is 12.5. The molecule has 3 heterocycles. The van der Waals surface area contributed by atoms with Gasteiger partial charge >= 0.3 is 0 Å². The summed E-state index contributed by atoms with van der Waals surface area (Å²) in [7, 11) is 0. The Bertz CT molecular complexity index is 436. The fraction of sp³-hybridized carbons (Fsp3) is 0.583. The molecule has 2 aliphatic rings. The molecule has 0 saturated carbocycles. The molecule has 1 N–H and O–H groups in total. The molecule has 1 amide bonds. The summed E-state index contributed by atoms with van der Waals surface area (Å²) in [5.74, 6) is 0.270. The van der Waals surface area contributed by atoms with Crippen molar-refractivity contribution in [3.63, 3.8) is 0 Å². The third-order valence-corrected chi connectivity index (χ3v) is 3.80. The minimum atomic E-state index is -0.0618. The van der Waals surface area contributed by atoms with Crippen molar-refractivity contribution in [1.29, 1.82) is 0 Å². The number of likely N-dealkylation sites (tertiary alicyclic amines) is 1. The molecule has 18 heavy (non-hydrogen) atoms. The minimum Gasteiger partial charge on any atom is -0.440 e. The van der Waals surface area contributed by atoms with Crippen molar-refractivity contribution in [2.75, 3.05) is 39.3 Å². The smallest absolute Gasteiger partial charge is 0.289 e. The van der Waals surface area contributed by atoms with Gasteiger partial charge in [0.2, 0.25) is 0 Å². The fourth-order valence-electron chi connectivity index (χ4n) is 2.48. The van der Waals surface area contributed by atoms with Crippen LogP contribution in [0.2, 0.25) is 5.22 Å². The van der Waals surface area contributed by atoms with Crippen LogP contribution in [0, 0.1) is 0 Å². The molecule has 98 valence electrons. The van der Waals surface area contributed by atoms with Crippen molar-refractivity contribution in [2.24, 2.45) is 0 Å². The maximum Gasteiger partial charge on any atom is 0.289 e. The molecular weight excluding hydrogens is 254 g/mol. The third-order valence-electron chi connectivity index (χ3n) is 3.60. The van der Waals surface area contributed by atoms with E-state index in [4.69, 9.17) is 16.0 Å². The molecule has 3 rings (SSSR count). The van der Waals surface area contributed by atoms with Gasteiger partial charge in [0.25, 0.3) is 5.91 Å². The number of hydrogen-bond acceptors (Lipinski definition) is 4. The van der Waals surface area contributed by atoms with Crippen molar-refractivity contribution < 1.29 is 9.21 Å². The molecule has 0 radical (unpaired) electrons. The van der Waals surface area contributed by atoms with Gasteiger partial charge in [-0.1, -0.05) is 0 Å². The third kappa shape index (κ3) is 2.25. The average molecular weight is 270 g/mol. The first kappa shape index (κ1) is 12.0. The summed E-state index contributed by atoms with van der Waals surface area (Å²) >= 11 is 5.67. The van der Waals surface area contributed by atoms with Gasteiger partial charge in [0, 0.05) is 45.3 Å². The summed E-state index contributed by atoms with van der Waals surface area (Å²) in [5, 5.41) is 3.59. The summed E-state index contributed by atoms with van der Waals surface area (Å²) in [6.07, 6.45) is 0. The Labute approximate surface area is 111 Å². The van der Waals surface area contributed by atoms with Crippen LogP contribution in [0.25, 0.3) is 0 Å². The van der Waals surface area contributed by atoms with E-state index in [0.717, 1.165) is 39.3 Å². The number of rotatable bonds is 2. The predicted octanol–water partition coefficient (Wildman–Crippen LogP) is 0.663. The maximum atomic E-state index is 12.0. The summed E-state index contributed by atoms with van der Waals surface area (Å²) < 4.78 is 5.13. The first-order valence-electron chi connectivity index (χ1n) is 6.23. The number of halogens is 1. The van der Waals surface area contributed by atoms with E-state index in [2.05, 4.69) is 10.2 Å². The summed E-state index contributed by atoms with van der Waals surface area (Å²) in [6.45, 7) is 5.79. The number of carbonyl (C=O) groups excluding carboxylic acids is 1. The zero-order valence-corrected chi connectivity index (χ0v) is 10.8. The van der Waals surface area contributed by atoms with Crippen LogP contribution in [0.4, 0.5) is 0 Å². The normalized spacial score (nSPS) is 21.9. The van der Waals surface area contributed by atoms with E-state index in [0.29, 0.717) is 11.8 Å². The summed E-state index contributed by atoms with van der Waals surface area (Å²) in [4.78, 5) is 16.3. The standard InChI is InChI=1S/C12H16ClN3O2/c13-11-2-1-10(18-11)12(17)16-7-9(8-16)15-5-3-14-4-6-15/h1-2,9,14H,3-8H2. The minimum absolute atomic E-state index is 0.0618. The van der Waals surface area contributed by atoms with E-state index in [1.807, 2.05) is 4.90 Å². The molecule has 0 aromatic carbocycles. The monoisotopic (exact) mass is 269 g/mol. The Hall–Kier alpha value is -1.04. The Balaban J connectivity index is 1.53. The highest BCUT2D eigenvalue weighted by molar-refractivity contribution is 6.29. The lowest BCUT2D eigenvalue weighted by molar-refractivity contribution is 0.0204. The van der Waals surface area contributed by atoms with Crippen molar-refractivity contribution in [2.45, 2.75) is 6.04 Å². The molecule has 0 unspecified atom stereocenters. The van der Waals surface area contributed by atoms with Crippen LogP contribution in [0.15, 0.2) is 16.5 Å². The predicted molar refractivity (Wildman–Crippen MR) is 67.9 cm³/mol. The molecule has 1 aromatic rings. The fourth-order valence-corrected chi connectivity index (χ4v) is 2.63. The van der Waals surface area contributed by atoms with Crippen LogP contribution >= 0.6 is 11.6 Å². The molecule has 0 atom stereocenters. The van der Waals surface area contributed by atoms with Gasteiger partial charge in [-0.05, 0) is 23.7 Å². The number of hydrogen-bond donors (Lipinski definition) is 1. The second kappa shape index (κ2) is 4.91. The van der Waals surface area contributed by atoms with Gasteiger partial charge in [-0.2, -0.15) is 0 Å².